The van der Waals surface area contributed by atoms with Crippen molar-refractivity contribution in [3.63, 3.8) is 0 Å². The van der Waals surface area contributed by atoms with Crippen LogP contribution in [0.3, 0.4) is 0 Å². The predicted molar refractivity (Wildman–Crippen MR) is 83.1 cm³/mol. The fourth-order valence-electron chi connectivity index (χ4n) is 2.10. The third-order valence-corrected chi connectivity index (χ3v) is 4.14. The number of halogens is 1. The number of fused-ring (bicyclic) bond motifs is 1. The second-order valence-corrected chi connectivity index (χ2v) is 5.60. The lowest BCUT2D eigenvalue weighted by Gasteiger charge is -2.16. The van der Waals surface area contributed by atoms with Crippen LogP contribution in [-0.4, -0.2) is 4.98 Å². The van der Waals surface area contributed by atoms with Gasteiger partial charge < -0.3 is 5.32 Å². The number of benzene rings is 1. The summed E-state index contributed by atoms with van der Waals surface area (Å²) in [5.74, 6) is 0. The van der Waals surface area contributed by atoms with E-state index >= 15 is 0 Å². The molecule has 0 saturated carbocycles. The quantitative estimate of drug-likeness (QED) is 0.723. The summed E-state index contributed by atoms with van der Waals surface area (Å²) in [6.07, 6.45) is 1.76. The van der Waals surface area contributed by atoms with Crippen LogP contribution >= 0.6 is 22.9 Å². The molecule has 1 aromatic carbocycles. The molecule has 1 unspecified atom stereocenters. The summed E-state index contributed by atoms with van der Waals surface area (Å²) in [6, 6.07) is 10.3. The third-order valence-electron chi connectivity index (χ3n) is 3.14. The van der Waals surface area contributed by atoms with Crippen molar-refractivity contribution in [1.29, 1.82) is 0 Å². The van der Waals surface area contributed by atoms with E-state index in [2.05, 4.69) is 34.1 Å². The average molecular weight is 289 g/mol. The zero-order valence-electron chi connectivity index (χ0n) is 10.4. The molecule has 3 rings (SSSR count). The maximum Gasteiger partial charge on any atom is 0.0908 e. The molecule has 0 radical (unpaired) electrons. The van der Waals surface area contributed by atoms with E-state index in [1.807, 2.05) is 24.3 Å². The van der Waals surface area contributed by atoms with E-state index < -0.39 is 0 Å². The average Bonchev–Trinajstić information content (AvgIpc) is 2.96. The van der Waals surface area contributed by atoms with E-state index in [0.29, 0.717) is 5.02 Å². The second kappa shape index (κ2) is 5.19. The molecule has 2 heterocycles. The first kappa shape index (κ1) is 12.5. The van der Waals surface area contributed by atoms with E-state index in [1.54, 1.807) is 17.5 Å². The highest BCUT2D eigenvalue weighted by Gasteiger charge is 2.09. The van der Waals surface area contributed by atoms with Crippen LogP contribution < -0.4 is 5.32 Å². The Kier molecular flexibility index (Phi) is 3.40. The van der Waals surface area contributed by atoms with Crippen molar-refractivity contribution >= 4 is 39.5 Å². The van der Waals surface area contributed by atoms with E-state index in [0.717, 1.165) is 16.6 Å². The van der Waals surface area contributed by atoms with Crippen LogP contribution in [0.4, 0.5) is 5.69 Å². The first-order chi connectivity index (χ1) is 9.25. The molecule has 0 bridgehead atoms. The summed E-state index contributed by atoms with van der Waals surface area (Å²) < 4.78 is 0. The van der Waals surface area contributed by atoms with Crippen molar-refractivity contribution in [3.8, 4) is 0 Å². The van der Waals surface area contributed by atoms with Crippen molar-refractivity contribution in [2.45, 2.75) is 13.0 Å². The zero-order chi connectivity index (χ0) is 13.2. The summed E-state index contributed by atoms with van der Waals surface area (Å²) in [5, 5.41) is 9.51. The molecule has 96 valence electrons. The molecule has 0 aliphatic heterocycles. The zero-order valence-corrected chi connectivity index (χ0v) is 12.0. The van der Waals surface area contributed by atoms with Gasteiger partial charge in [0.25, 0.3) is 0 Å². The molecule has 1 atom stereocenters. The molecule has 0 saturated heterocycles. The number of nitrogens with zero attached hydrogens (tertiary/aromatic N) is 1. The summed E-state index contributed by atoms with van der Waals surface area (Å²) >= 11 is 7.89. The lowest BCUT2D eigenvalue weighted by molar-refractivity contribution is 0.892. The van der Waals surface area contributed by atoms with Gasteiger partial charge in [-0.15, -0.1) is 0 Å². The molecule has 2 nitrogen and oxygen atoms in total. The van der Waals surface area contributed by atoms with Gasteiger partial charge in [-0.3, -0.25) is 4.98 Å². The number of aromatic nitrogens is 1. The summed E-state index contributed by atoms with van der Waals surface area (Å²) in [5.41, 5.74) is 3.19. The van der Waals surface area contributed by atoms with Gasteiger partial charge in [0.2, 0.25) is 0 Å². The van der Waals surface area contributed by atoms with E-state index in [9.17, 15) is 0 Å². The van der Waals surface area contributed by atoms with Crippen LogP contribution in [0.5, 0.6) is 0 Å². The Hall–Kier alpha value is -1.58. The maximum absolute atomic E-state index is 6.18. The van der Waals surface area contributed by atoms with Gasteiger partial charge in [0.05, 0.1) is 10.5 Å². The van der Waals surface area contributed by atoms with Gasteiger partial charge in [-0.25, -0.2) is 0 Å². The predicted octanol–water partition coefficient (Wildman–Crippen LogP) is 5.12. The molecule has 0 spiro atoms. The highest BCUT2D eigenvalue weighted by molar-refractivity contribution is 7.08. The standard InChI is InChI=1S/C15H13ClN2S/c1-10(11-6-8-19-9-11)18-14-5-4-13(16)15-12(14)3-2-7-17-15/h2-10,18H,1H3. The van der Waals surface area contributed by atoms with Crippen molar-refractivity contribution in [2.24, 2.45) is 0 Å². The molecule has 0 fully saturated rings. The second-order valence-electron chi connectivity index (χ2n) is 4.42. The number of rotatable bonds is 3. The Morgan fingerprint density at radius 2 is 2.16 bits per heavy atom. The SMILES string of the molecule is CC(Nc1ccc(Cl)c2ncccc12)c1ccsc1. The fraction of sp³-hybridized carbons (Fsp3) is 0.133. The topological polar surface area (TPSA) is 24.9 Å². The monoisotopic (exact) mass is 288 g/mol. The Morgan fingerprint density at radius 3 is 2.95 bits per heavy atom. The third kappa shape index (κ3) is 2.44. The number of hydrogen-bond donors (Lipinski definition) is 1. The van der Waals surface area contributed by atoms with Crippen molar-refractivity contribution < 1.29 is 0 Å². The minimum absolute atomic E-state index is 0.260. The fourth-order valence-corrected chi connectivity index (χ4v) is 3.07. The highest BCUT2D eigenvalue weighted by Crippen LogP contribution is 2.30. The summed E-state index contributed by atoms with van der Waals surface area (Å²) in [7, 11) is 0. The van der Waals surface area contributed by atoms with Crippen molar-refractivity contribution in [3.05, 3.63) is 57.9 Å². The Morgan fingerprint density at radius 1 is 1.26 bits per heavy atom. The van der Waals surface area contributed by atoms with Gasteiger partial charge in [0.1, 0.15) is 0 Å². The molecule has 19 heavy (non-hydrogen) atoms. The molecular weight excluding hydrogens is 276 g/mol. The first-order valence-electron chi connectivity index (χ1n) is 6.07. The number of pyridine rings is 1. The molecule has 3 aromatic rings. The van der Waals surface area contributed by atoms with Gasteiger partial charge >= 0.3 is 0 Å². The number of thiophene rings is 1. The molecular formula is C15H13ClN2S. The lowest BCUT2D eigenvalue weighted by Crippen LogP contribution is -2.06. The maximum atomic E-state index is 6.18. The number of anilines is 1. The van der Waals surface area contributed by atoms with Gasteiger partial charge in [-0.05, 0) is 53.6 Å². The van der Waals surface area contributed by atoms with Gasteiger partial charge in [-0.2, -0.15) is 11.3 Å². The van der Waals surface area contributed by atoms with Crippen LogP contribution in [-0.2, 0) is 0 Å². The molecule has 4 heteroatoms. The normalized spacial score (nSPS) is 12.5. The summed E-state index contributed by atoms with van der Waals surface area (Å²) in [4.78, 5) is 4.34. The minimum atomic E-state index is 0.260. The van der Waals surface area contributed by atoms with Crippen LogP contribution in [0, 0.1) is 0 Å². The van der Waals surface area contributed by atoms with E-state index in [-0.39, 0.29) is 6.04 Å². The minimum Gasteiger partial charge on any atom is -0.378 e. The van der Waals surface area contributed by atoms with Gasteiger partial charge in [-0.1, -0.05) is 11.6 Å². The first-order valence-corrected chi connectivity index (χ1v) is 7.39. The molecule has 0 aliphatic carbocycles. The van der Waals surface area contributed by atoms with E-state index in [1.165, 1.54) is 5.56 Å². The summed E-state index contributed by atoms with van der Waals surface area (Å²) in [6.45, 7) is 2.15. The molecule has 1 N–H and O–H groups in total. The Balaban J connectivity index is 2.00. The smallest absolute Gasteiger partial charge is 0.0908 e. The molecule has 2 aromatic heterocycles. The Labute approximate surface area is 121 Å². The highest BCUT2D eigenvalue weighted by atomic mass is 35.5. The van der Waals surface area contributed by atoms with Crippen LogP contribution in [0.25, 0.3) is 10.9 Å². The van der Waals surface area contributed by atoms with Crippen LogP contribution in [0.1, 0.15) is 18.5 Å². The number of hydrogen-bond acceptors (Lipinski definition) is 3. The lowest BCUT2D eigenvalue weighted by atomic mass is 10.1. The largest absolute Gasteiger partial charge is 0.378 e. The van der Waals surface area contributed by atoms with Crippen LogP contribution in [0.2, 0.25) is 5.02 Å². The van der Waals surface area contributed by atoms with Crippen molar-refractivity contribution in [1.82, 2.24) is 4.98 Å². The Bertz CT molecular complexity index is 694. The number of nitrogens with one attached hydrogen (secondary N) is 1. The molecule has 0 aliphatic rings. The van der Waals surface area contributed by atoms with Gasteiger partial charge in [0.15, 0.2) is 0 Å². The van der Waals surface area contributed by atoms with E-state index in [4.69, 9.17) is 11.6 Å². The molecule has 0 amide bonds. The van der Waals surface area contributed by atoms with Gasteiger partial charge in [0, 0.05) is 23.3 Å². The van der Waals surface area contributed by atoms with Crippen molar-refractivity contribution in [2.75, 3.05) is 5.32 Å². The van der Waals surface area contributed by atoms with Crippen LogP contribution in [0.15, 0.2) is 47.3 Å².